The van der Waals surface area contributed by atoms with Crippen LogP contribution in [0.15, 0.2) is 48.5 Å². The molecule has 0 radical (unpaired) electrons. The number of para-hydroxylation sites is 2. The first-order valence-electron chi connectivity index (χ1n) is 7.38. The monoisotopic (exact) mass is 284 g/mol. The van der Waals surface area contributed by atoms with Gasteiger partial charge in [-0.15, -0.1) is 0 Å². The van der Waals surface area contributed by atoms with Gasteiger partial charge in [-0.2, -0.15) is 0 Å². The van der Waals surface area contributed by atoms with Crippen molar-refractivity contribution in [2.75, 3.05) is 25.1 Å². The molecule has 0 bridgehead atoms. The van der Waals surface area contributed by atoms with E-state index in [-0.39, 0.29) is 6.04 Å². The Morgan fingerprint density at radius 2 is 1.76 bits per heavy atom. The first-order chi connectivity index (χ1) is 10.2. The van der Waals surface area contributed by atoms with Gasteiger partial charge in [0.25, 0.3) is 0 Å². The molecule has 0 saturated heterocycles. The molecule has 0 aliphatic heterocycles. The number of aryl methyl sites for hydroxylation is 1. The van der Waals surface area contributed by atoms with Crippen molar-refractivity contribution < 1.29 is 4.74 Å². The Bertz CT molecular complexity index is 583. The lowest BCUT2D eigenvalue weighted by molar-refractivity contribution is 0.404. The number of ether oxygens (including phenoxy) is 1. The fourth-order valence-electron chi connectivity index (χ4n) is 2.81. The summed E-state index contributed by atoms with van der Waals surface area (Å²) in [6.07, 6.45) is 0. The van der Waals surface area contributed by atoms with Gasteiger partial charge in [-0.1, -0.05) is 36.4 Å². The zero-order chi connectivity index (χ0) is 15.2. The van der Waals surface area contributed by atoms with E-state index in [1.807, 2.05) is 18.2 Å². The maximum atomic E-state index is 6.10. The van der Waals surface area contributed by atoms with Crippen LogP contribution < -0.4 is 15.4 Å². The van der Waals surface area contributed by atoms with Gasteiger partial charge in [0.05, 0.1) is 13.2 Å². The fraction of sp³-hybridized carbons (Fsp3) is 0.333. The summed E-state index contributed by atoms with van der Waals surface area (Å²) in [5.74, 6) is 0.889. The number of nitrogens with zero attached hydrogens (tertiary/aromatic N) is 1. The highest BCUT2D eigenvalue weighted by Gasteiger charge is 2.22. The molecule has 2 aromatic carbocycles. The molecule has 2 N–H and O–H groups in total. The minimum Gasteiger partial charge on any atom is -0.496 e. The minimum atomic E-state index is 0.104. The highest BCUT2D eigenvalue weighted by atomic mass is 16.5. The highest BCUT2D eigenvalue weighted by molar-refractivity contribution is 5.56. The van der Waals surface area contributed by atoms with Crippen molar-refractivity contribution in [2.24, 2.45) is 5.73 Å². The number of benzene rings is 2. The molecule has 3 nitrogen and oxygen atoms in total. The second kappa shape index (κ2) is 7.14. The average molecular weight is 284 g/mol. The molecule has 0 aromatic heterocycles. The molecule has 1 unspecified atom stereocenters. The first-order valence-corrected chi connectivity index (χ1v) is 7.38. The third kappa shape index (κ3) is 3.19. The van der Waals surface area contributed by atoms with Crippen LogP contribution in [-0.2, 0) is 0 Å². The molecule has 0 heterocycles. The molecule has 21 heavy (non-hydrogen) atoms. The van der Waals surface area contributed by atoms with Crippen molar-refractivity contribution >= 4 is 5.69 Å². The number of rotatable bonds is 6. The SMILES string of the molecule is CCN(c1ccccc1C)C(CN)c1ccccc1OC. The van der Waals surface area contributed by atoms with E-state index in [0.29, 0.717) is 6.54 Å². The summed E-state index contributed by atoms with van der Waals surface area (Å²) in [7, 11) is 1.70. The van der Waals surface area contributed by atoms with Crippen molar-refractivity contribution in [2.45, 2.75) is 19.9 Å². The summed E-state index contributed by atoms with van der Waals surface area (Å²) < 4.78 is 5.51. The number of hydrogen-bond donors (Lipinski definition) is 1. The van der Waals surface area contributed by atoms with Crippen molar-refractivity contribution in [3.05, 3.63) is 59.7 Å². The summed E-state index contributed by atoms with van der Waals surface area (Å²) in [4.78, 5) is 2.34. The topological polar surface area (TPSA) is 38.5 Å². The van der Waals surface area contributed by atoms with Gasteiger partial charge >= 0.3 is 0 Å². The second-order valence-corrected chi connectivity index (χ2v) is 5.07. The van der Waals surface area contributed by atoms with Gasteiger partial charge in [0, 0.05) is 24.3 Å². The van der Waals surface area contributed by atoms with Crippen LogP contribution in [0.25, 0.3) is 0 Å². The maximum absolute atomic E-state index is 6.10. The van der Waals surface area contributed by atoms with Crippen molar-refractivity contribution in [3.8, 4) is 5.75 Å². The minimum absolute atomic E-state index is 0.104. The smallest absolute Gasteiger partial charge is 0.124 e. The Balaban J connectivity index is 2.45. The number of hydrogen-bond acceptors (Lipinski definition) is 3. The predicted molar refractivity (Wildman–Crippen MR) is 89.0 cm³/mol. The molecular weight excluding hydrogens is 260 g/mol. The van der Waals surface area contributed by atoms with Crippen LogP contribution in [-0.4, -0.2) is 20.2 Å². The number of anilines is 1. The van der Waals surface area contributed by atoms with Crippen molar-refractivity contribution in [3.63, 3.8) is 0 Å². The molecule has 3 heteroatoms. The maximum Gasteiger partial charge on any atom is 0.124 e. The fourth-order valence-corrected chi connectivity index (χ4v) is 2.81. The summed E-state index contributed by atoms with van der Waals surface area (Å²) in [5.41, 5.74) is 9.71. The van der Waals surface area contributed by atoms with Gasteiger partial charge in [-0.25, -0.2) is 0 Å². The highest BCUT2D eigenvalue weighted by Crippen LogP contribution is 2.33. The van der Waals surface area contributed by atoms with Crippen LogP contribution >= 0.6 is 0 Å². The van der Waals surface area contributed by atoms with Crippen LogP contribution in [0.5, 0.6) is 5.75 Å². The van der Waals surface area contributed by atoms with Crippen LogP contribution in [0, 0.1) is 6.92 Å². The van der Waals surface area contributed by atoms with E-state index in [0.717, 1.165) is 17.9 Å². The predicted octanol–water partition coefficient (Wildman–Crippen LogP) is 3.53. The average Bonchev–Trinajstić information content (AvgIpc) is 2.53. The molecule has 2 rings (SSSR count). The summed E-state index contributed by atoms with van der Waals surface area (Å²) in [6.45, 7) is 5.73. The molecule has 2 aromatic rings. The second-order valence-electron chi connectivity index (χ2n) is 5.07. The normalized spacial score (nSPS) is 12.0. The van der Waals surface area contributed by atoms with E-state index >= 15 is 0 Å². The van der Waals surface area contributed by atoms with Gasteiger partial charge in [0.15, 0.2) is 0 Å². The van der Waals surface area contributed by atoms with E-state index in [9.17, 15) is 0 Å². The lowest BCUT2D eigenvalue weighted by Crippen LogP contribution is -2.34. The first kappa shape index (κ1) is 15.4. The molecular formula is C18H24N2O. The van der Waals surface area contributed by atoms with Crippen LogP contribution in [0.2, 0.25) is 0 Å². The zero-order valence-electron chi connectivity index (χ0n) is 13.0. The van der Waals surface area contributed by atoms with E-state index in [1.54, 1.807) is 7.11 Å². The Morgan fingerprint density at radius 3 is 2.38 bits per heavy atom. The van der Waals surface area contributed by atoms with E-state index < -0.39 is 0 Å². The van der Waals surface area contributed by atoms with Crippen LogP contribution in [0.4, 0.5) is 5.69 Å². The lowest BCUT2D eigenvalue weighted by Gasteiger charge is -2.34. The standard InChI is InChI=1S/C18H24N2O/c1-4-20(16-11-7-5-9-14(16)2)17(13-19)15-10-6-8-12-18(15)21-3/h5-12,17H,4,13,19H2,1-3H3. The van der Waals surface area contributed by atoms with Crippen LogP contribution in [0.3, 0.4) is 0 Å². The zero-order valence-corrected chi connectivity index (χ0v) is 13.0. The molecule has 0 aliphatic rings. The molecule has 0 amide bonds. The molecule has 0 aliphatic carbocycles. The van der Waals surface area contributed by atoms with Crippen LogP contribution in [0.1, 0.15) is 24.1 Å². The number of nitrogens with two attached hydrogens (primary N) is 1. The Morgan fingerprint density at radius 1 is 1.10 bits per heavy atom. The third-order valence-electron chi connectivity index (χ3n) is 3.86. The Hall–Kier alpha value is -2.00. The molecule has 112 valence electrons. The summed E-state index contributed by atoms with van der Waals surface area (Å²) >= 11 is 0. The van der Waals surface area contributed by atoms with Gasteiger partial charge in [0.1, 0.15) is 5.75 Å². The largest absolute Gasteiger partial charge is 0.496 e. The summed E-state index contributed by atoms with van der Waals surface area (Å²) in [5, 5.41) is 0. The number of methoxy groups -OCH3 is 1. The van der Waals surface area contributed by atoms with Gasteiger partial charge < -0.3 is 15.4 Å². The quantitative estimate of drug-likeness (QED) is 0.882. The molecule has 0 spiro atoms. The molecule has 0 fully saturated rings. The van der Waals surface area contributed by atoms with Crippen molar-refractivity contribution in [1.29, 1.82) is 0 Å². The molecule has 1 atom stereocenters. The van der Waals surface area contributed by atoms with Gasteiger partial charge in [0.2, 0.25) is 0 Å². The lowest BCUT2D eigenvalue weighted by atomic mass is 10.0. The van der Waals surface area contributed by atoms with E-state index in [2.05, 4.69) is 49.1 Å². The Labute approximate surface area is 127 Å². The summed E-state index contributed by atoms with van der Waals surface area (Å²) in [6, 6.07) is 16.6. The molecule has 0 saturated carbocycles. The van der Waals surface area contributed by atoms with E-state index in [1.165, 1.54) is 11.3 Å². The van der Waals surface area contributed by atoms with Crippen molar-refractivity contribution in [1.82, 2.24) is 0 Å². The van der Waals surface area contributed by atoms with E-state index in [4.69, 9.17) is 10.5 Å². The third-order valence-corrected chi connectivity index (χ3v) is 3.86. The number of likely N-dealkylation sites (N-methyl/N-ethyl adjacent to an activating group) is 1. The van der Waals surface area contributed by atoms with Gasteiger partial charge in [-0.3, -0.25) is 0 Å². The van der Waals surface area contributed by atoms with Gasteiger partial charge in [-0.05, 0) is 31.5 Å². The Kier molecular flexibility index (Phi) is 5.23.